The largest absolute Gasteiger partial charge is 0.458 e. The molecule has 1 unspecified atom stereocenters. The lowest BCUT2D eigenvalue weighted by Crippen LogP contribution is -2.63. The molecule has 5 fully saturated rings. The van der Waals surface area contributed by atoms with Gasteiger partial charge in [0.2, 0.25) is 11.7 Å². The maximum Gasteiger partial charge on any atom is 0.306 e. The molecule has 10 heteroatoms. The number of hydrogen-bond acceptors (Lipinski definition) is 9. The van der Waals surface area contributed by atoms with Crippen LogP contribution in [0, 0.1) is 41.4 Å². The summed E-state index contributed by atoms with van der Waals surface area (Å²) in [6.45, 7) is 8.07. The highest BCUT2D eigenvalue weighted by Crippen LogP contribution is 2.70. The van der Waals surface area contributed by atoms with E-state index in [0.29, 0.717) is 25.0 Å². The number of aliphatic hydroxyl groups excluding tert-OH is 1. The third-order valence-corrected chi connectivity index (χ3v) is 13.5. The topological polar surface area (TPSA) is 133 Å². The van der Waals surface area contributed by atoms with Crippen LogP contribution in [0.4, 0.5) is 5.69 Å². The van der Waals surface area contributed by atoms with Crippen molar-refractivity contribution in [3.05, 3.63) is 53.6 Å². The van der Waals surface area contributed by atoms with E-state index >= 15 is 0 Å². The van der Waals surface area contributed by atoms with Gasteiger partial charge in [-0.25, -0.2) is 0 Å². The van der Waals surface area contributed by atoms with Crippen molar-refractivity contribution in [3.63, 3.8) is 0 Å². The Kier molecular flexibility index (Phi) is 10.5. The van der Waals surface area contributed by atoms with Crippen LogP contribution >= 0.6 is 0 Å². The predicted molar refractivity (Wildman–Crippen MR) is 196 cm³/mol. The molecule has 0 aromatic heterocycles. The number of anilines is 1. The molecular weight excluding hydrogens is 660 g/mol. The molecule has 52 heavy (non-hydrogen) atoms. The second kappa shape index (κ2) is 14.8. The maximum absolute atomic E-state index is 14.4. The molecule has 4 saturated carbocycles. The van der Waals surface area contributed by atoms with E-state index < -0.39 is 34.9 Å². The molecule has 0 bridgehead atoms. The first-order valence-corrected chi connectivity index (χ1v) is 19.7. The number of esters is 1. The van der Waals surface area contributed by atoms with Gasteiger partial charge in [-0.15, -0.1) is 0 Å². The Labute approximate surface area is 307 Å². The van der Waals surface area contributed by atoms with Crippen LogP contribution in [-0.2, 0) is 33.4 Å². The summed E-state index contributed by atoms with van der Waals surface area (Å²) in [5.41, 5.74) is 1.42. The molecule has 1 aromatic rings. The van der Waals surface area contributed by atoms with E-state index in [2.05, 4.69) is 36.5 Å². The Morgan fingerprint density at radius 3 is 2.58 bits per heavy atom. The number of aliphatic hydroxyl groups is 1. The van der Waals surface area contributed by atoms with E-state index in [1.807, 2.05) is 44.2 Å². The number of aryl methyl sites for hydroxylation is 1. The minimum Gasteiger partial charge on any atom is -0.458 e. The SMILES string of the molecule is CCCC(=O)OCC(=O)[C@@]12OC(C3CCCCC3)O[C@@H]1C[C@H]1[C@@H]3CCC4=C/C(=N\OCCC(=O)Nc5ccc(C)cc5)C=C[C@]4(C)[C@H]3[C@@H](O)C[C@@]12C. The van der Waals surface area contributed by atoms with Crippen molar-refractivity contribution >= 4 is 29.1 Å². The molecule has 1 aromatic carbocycles. The van der Waals surface area contributed by atoms with Gasteiger partial charge in [0.1, 0.15) is 12.3 Å². The highest BCUT2D eigenvalue weighted by Gasteiger charge is 2.76. The molecule has 1 heterocycles. The van der Waals surface area contributed by atoms with Gasteiger partial charge in [-0.1, -0.05) is 74.5 Å². The molecule has 1 amide bonds. The lowest BCUT2D eigenvalue weighted by molar-refractivity contribution is -0.210. The standard InChI is InChI=1S/C42H56N2O8/c1-5-9-37(48)49-25-34(46)42-35(51-39(52-42)27-10-7-6-8-11-27)23-32-31-17-14-28-22-30(18-20-40(28,3)38(31)33(45)24-41(32,42)4)44-50-21-19-36(47)43-29-15-12-26(2)13-16-29/h12-13,15-16,18,20,22,27,31-33,35,38-39,45H,5-11,14,17,19,21,23-25H2,1-4H3,(H,43,47)/b44-30-/t31-,32-,33-,35+,38+,39?,40-,41-,42+/m0/s1. The lowest BCUT2D eigenvalue weighted by atomic mass is 9.46. The Hall–Kier alpha value is -3.34. The second-order valence-corrected chi connectivity index (χ2v) is 16.6. The summed E-state index contributed by atoms with van der Waals surface area (Å²) in [5.74, 6) is -0.343. The molecule has 1 aliphatic heterocycles. The van der Waals surface area contributed by atoms with Crippen LogP contribution in [0.1, 0.15) is 103 Å². The number of oxime groups is 1. The van der Waals surface area contributed by atoms with Crippen molar-refractivity contribution in [3.8, 4) is 0 Å². The average molecular weight is 717 g/mol. The number of hydrogen-bond donors (Lipinski definition) is 2. The Morgan fingerprint density at radius 2 is 1.83 bits per heavy atom. The van der Waals surface area contributed by atoms with Gasteiger partial charge >= 0.3 is 5.97 Å². The van der Waals surface area contributed by atoms with E-state index in [1.165, 1.54) is 12.0 Å². The van der Waals surface area contributed by atoms with Crippen molar-refractivity contribution in [1.82, 2.24) is 0 Å². The van der Waals surface area contributed by atoms with Crippen molar-refractivity contribution < 1.29 is 38.5 Å². The van der Waals surface area contributed by atoms with Gasteiger partial charge in [0.25, 0.3) is 0 Å². The number of nitrogens with zero attached hydrogens (tertiary/aromatic N) is 1. The van der Waals surface area contributed by atoms with Gasteiger partial charge in [-0.2, -0.15) is 0 Å². The van der Waals surface area contributed by atoms with Gasteiger partial charge in [-0.05, 0) is 88.0 Å². The van der Waals surface area contributed by atoms with Gasteiger partial charge in [0.15, 0.2) is 18.5 Å². The average Bonchev–Trinajstić information content (AvgIpc) is 3.63. The van der Waals surface area contributed by atoms with E-state index in [1.54, 1.807) is 0 Å². The van der Waals surface area contributed by atoms with Crippen molar-refractivity contribution in [1.29, 1.82) is 0 Å². The number of rotatable bonds is 11. The molecule has 0 radical (unpaired) electrons. The van der Waals surface area contributed by atoms with Crippen LogP contribution in [0.5, 0.6) is 0 Å². The number of fused-ring (bicyclic) bond motifs is 7. The molecule has 0 spiro atoms. The number of benzene rings is 1. The van der Waals surface area contributed by atoms with Crippen molar-refractivity contribution in [2.75, 3.05) is 18.5 Å². The summed E-state index contributed by atoms with van der Waals surface area (Å²) in [7, 11) is 0. The maximum atomic E-state index is 14.4. The number of Topliss-reactive ketones (excluding diaryl/α,β-unsaturated/α-hetero) is 1. The minimum atomic E-state index is -1.27. The van der Waals surface area contributed by atoms with Gasteiger partial charge in [0, 0.05) is 34.8 Å². The van der Waals surface area contributed by atoms with Crippen LogP contribution in [0.3, 0.4) is 0 Å². The highest BCUT2D eigenvalue weighted by molar-refractivity contribution is 6.05. The Morgan fingerprint density at radius 1 is 1.06 bits per heavy atom. The molecule has 6 aliphatic rings. The molecule has 282 valence electrons. The first-order valence-electron chi connectivity index (χ1n) is 19.7. The number of carbonyl (C=O) groups is 3. The Balaban J connectivity index is 1.06. The van der Waals surface area contributed by atoms with E-state index in [9.17, 15) is 19.5 Å². The monoisotopic (exact) mass is 716 g/mol. The molecule has 1 saturated heterocycles. The van der Waals surface area contributed by atoms with E-state index in [0.717, 1.165) is 49.8 Å². The van der Waals surface area contributed by atoms with Crippen LogP contribution < -0.4 is 5.32 Å². The fourth-order valence-corrected chi connectivity index (χ4v) is 10.9. The van der Waals surface area contributed by atoms with Crippen LogP contribution in [0.25, 0.3) is 0 Å². The number of allylic oxidation sites excluding steroid dienone is 4. The fraction of sp³-hybridized carbons (Fsp3) is 0.667. The summed E-state index contributed by atoms with van der Waals surface area (Å²) >= 11 is 0. The molecule has 5 aliphatic carbocycles. The van der Waals surface area contributed by atoms with Crippen molar-refractivity contribution in [2.45, 2.75) is 129 Å². The minimum absolute atomic E-state index is 0.0581. The van der Waals surface area contributed by atoms with E-state index in [4.69, 9.17) is 19.0 Å². The third-order valence-electron chi connectivity index (χ3n) is 13.5. The predicted octanol–water partition coefficient (Wildman–Crippen LogP) is 6.99. The molecule has 7 rings (SSSR count). The summed E-state index contributed by atoms with van der Waals surface area (Å²) in [6.07, 6.45) is 13.9. The molecule has 9 atom stereocenters. The number of ether oxygens (including phenoxy) is 3. The molecule has 2 N–H and O–H groups in total. The van der Waals surface area contributed by atoms with Crippen LogP contribution in [0.15, 0.2) is 53.2 Å². The first kappa shape index (κ1) is 37.0. The summed E-state index contributed by atoms with van der Waals surface area (Å²) in [4.78, 5) is 44.8. The van der Waals surface area contributed by atoms with Gasteiger partial charge < -0.3 is 29.5 Å². The highest BCUT2D eigenvalue weighted by atomic mass is 16.7. The van der Waals surface area contributed by atoms with Gasteiger partial charge in [0.05, 0.1) is 18.6 Å². The lowest BCUT2D eigenvalue weighted by Gasteiger charge is -2.59. The smallest absolute Gasteiger partial charge is 0.306 e. The summed E-state index contributed by atoms with van der Waals surface area (Å²) in [6, 6.07) is 7.66. The normalized spacial score (nSPS) is 37.3. The van der Waals surface area contributed by atoms with Crippen molar-refractivity contribution in [2.24, 2.45) is 39.7 Å². The Bertz CT molecular complexity index is 1610. The zero-order valence-electron chi connectivity index (χ0n) is 31.2. The van der Waals surface area contributed by atoms with Gasteiger partial charge in [-0.3, -0.25) is 14.4 Å². The number of nitrogens with one attached hydrogen (secondary N) is 1. The molecular formula is C42H56N2O8. The zero-order valence-corrected chi connectivity index (χ0v) is 31.2. The van der Waals surface area contributed by atoms with E-state index in [-0.39, 0.29) is 67.4 Å². The molecule has 10 nitrogen and oxygen atoms in total. The fourth-order valence-electron chi connectivity index (χ4n) is 10.9. The third kappa shape index (κ3) is 6.57. The summed E-state index contributed by atoms with van der Waals surface area (Å²) < 4.78 is 19.3. The first-order chi connectivity index (χ1) is 25.0. The number of carbonyl (C=O) groups excluding carboxylic acids is 3. The van der Waals surface area contributed by atoms with Crippen LogP contribution in [-0.4, -0.2) is 65.8 Å². The summed E-state index contributed by atoms with van der Waals surface area (Å²) in [5, 5.41) is 19.4. The quantitative estimate of drug-likeness (QED) is 0.142. The number of amides is 1. The number of ketones is 1. The zero-order chi connectivity index (χ0) is 36.7. The van der Waals surface area contributed by atoms with Crippen LogP contribution in [0.2, 0.25) is 0 Å². The second-order valence-electron chi connectivity index (χ2n) is 16.6.